The van der Waals surface area contributed by atoms with E-state index in [2.05, 4.69) is 15.4 Å². The second-order valence-electron chi connectivity index (χ2n) is 7.97. The van der Waals surface area contributed by atoms with E-state index in [1.807, 2.05) is 76.5 Å². The Labute approximate surface area is 189 Å². The number of benzene rings is 2. The number of hydrogen-bond acceptors (Lipinski definition) is 6. The fraction of sp³-hybridized carbons (Fsp3) is 0.360. The zero-order chi connectivity index (χ0) is 23.1. The lowest BCUT2D eigenvalue weighted by molar-refractivity contribution is -0.120. The third-order valence-electron chi connectivity index (χ3n) is 5.45. The maximum Gasteiger partial charge on any atom is 0.224 e. The molecule has 1 atom stereocenters. The minimum atomic E-state index is -0.0239. The van der Waals surface area contributed by atoms with Gasteiger partial charge in [0.25, 0.3) is 0 Å². The maximum atomic E-state index is 12.5. The molecule has 0 saturated carbocycles. The van der Waals surface area contributed by atoms with E-state index in [1.54, 1.807) is 7.11 Å². The average Bonchev–Trinajstić information content (AvgIpc) is 3.10. The average molecular weight is 438 g/mol. The number of aryl methyl sites for hydroxylation is 2. The predicted octanol–water partition coefficient (Wildman–Crippen LogP) is 3.84. The summed E-state index contributed by atoms with van der Waals surface area (Å²) in [6.45, 7) is 4.68. The molecule has 0 fully saturated rings. The smallest absolute Gasteiger partial charge is 0.224 e. The van der Waals surface area contributed by atoms with Crippen LogP contribution in [0.1, 0.15) is 34.2 Å². The second kappa shape index (κ2) is 10.8. The van der Waals surface area contributed by atoms with Crippen LogP contribution in [0, 0.1) is 13.8 Å². The molecule has 0 aliphatic rings. The Morgan fingerprint density at radius 3 is 2.50 bits per heavy atom. The van der Waals surface area contributed by atoms with E-state index in [0.717, 1.165) is 39.6 Å². The number of carbonyl (C=O) groups is 1. The van der Waals surface area contributed by atoms with Crippen LogP contribution in [0.5, 0.6) is 11.5 Å². The molecule has 0 aliphatic heterocycles. The topological polar surface area (TPSA) is 76.8 Å². The minimum Gasteiger partial charge on any atom is -0.497 e. The first kappa shape index (κ1) is 23.3. The molecule has 1 unspecified atom stereocenters. The van der Waals surface area contributed by atoms with Crippen molar-refractivity contribution in [1.82, 2.24) is 15.4 Å². The zero-order valence-corrected chi connectivity index (χ0v) is 19.3. The van der Waals surface area contributed by atoms with Gasteiger partial charge in [-0.15, -0.1) is 0 Å². The number of amides is 1. The van der Waals surface area contributed by atoms with Crippen molar-refractivity contribution < 1.29 is 18.8 Å². The van der Waals surface area contributed by atoms with Crippen molar-refractivity contribution in [3.8, 4) is 11.5 Å². The fourth-order valence-corrected chi connectivity index (χ4v) is 3.47. The van der Waals surface area contributed by atoms with Gasteiger partial charge >= 0.3 is 0 Å². The fourth-order valence-electron chi connectivity index (χ4n) is 3.47. The Morgan fingerprint density at radius 2 is 1.88 bits per heavy atom. The third-order valence-corrected chi connectivity index (χ3v) is 5.45. The molecule has 7 nitrogen and oxygen atoms in total. The van der Waals surface area contributed by atoms with Gasteiger partial charge in [-0.1, -0.05) is 29.4 Å². The lowest BCUT2D eigenvalue weighted by Crippen LogP contribution is -2.35. The molecule has 0 spiro atoms. The summed E-state index contributed by atoms with van der Waals surface area (Å²) in [6.07, 6.45) is 0.308. The van der Waals surface area contributed by atoms with Crippen LogP contribution in [0.15, 0.2) is 53.1 Å². The minimum absolute atomic E-state index is 0.0239. The number of nitrogens with zero attached hydrogens (tertiary/aromatic N) is 2. The predicted molar refractivity (Wildman–Crippen MR) is 123 cm³/mol. The number of aromatic nitrogens is 1. The number of hydrogen-bond donors (Lipinski definition) is 1. The van der Waals surface area contributed by atoms with Gasteiger partial charge in [-0.25, -0.2) is 0 Å². The van der Waals surface area contributed by atoms with Crippen molar-refractivity contribution in [3.05, 3.63) is 76.7 Å². The van der Waals surface area contributed by atoms with Crippen LogP contribution in [-0.2, 0) is 17.8 Å². The number of likely N-dealkylation sites (N-methyl/N-ethyl adjacent to an activating group) is 1. The van der Waals surface area contributed by atoms with E-state index >= 15 is 0 Å². The zero-order valence-electron chi connectivity index (χ0n) is 19.3. The van der Waals surface area contributed by atoms with Crippen molar-refractivity contribution in [2.24, 2.45) is 0 Å². The first-order valence-electron chi connectivity index (χ1n) is 10.6. The molecular formula is C25H31N3O4. The summed E-state index contributed by atoms with van der Waals surface area (Å²) in [5.41, 5.74) is 3.81. The highest BCUT2D eigenvalue weighted by Gasteiger charge is 2.16. The number of carbonyl (C=O) groups excluding carboxylic acids is 1. The standard InChI is InChI=1S/C25H31N3O4/c1-17-23(18(2)32-27-17)16-31-21-11-9-19(10-12-21)13-25(29)26-15-24(28(3)4)20-7-6-8-22(14-20)30-5/h6-12,14,24H,13,15-16H2,1-5H3,(H,26,29). The lowest BCUT2D eigenvalue weighted by Gasteiger charge is -2.25. The van der Waals surface area contributed by atoms with E-state index < -0.39 is 0 Å². The third kappa shape index (κ3) is 6.11. The molecule has 1 N–H and O–H groups in total. The number of rotatable bonds is 10. The van der Waals surface area contributed by atoms with Gasteiger partial charge in [-0.2, -0.15) is 0 Å². The Balaban J connectivity index is 1.52. The van der Waals surface area contributed by atoms with E-state index in [4.69, 9.17) is 14.0 Å². The molecule has 2 aromatic carbocycles. The SMILES string of the molecule is COc1cccc(C(CNC(=O)Cc2ccc(OCc3c(C)noc3C)cc2)N(C)C)c1. The van der Waals surface area contributed by atoms with Gasteiger partial charge in [0.15, 0.2) is 0 Å². The number of ether oxygens (including phenoxy) is 2. The van der Waals surface area contributed by atoms with E-state index in [-0.39, 0.29) is 11.9 Å². The highest BCUT2D eigenvalue weighted by molar-refractivity contribution is 5.78. The van der Waals surface area contributed by atoms with E-state index in [9.17, 15) is 4.79 Å². The van der Waals surface area contributed by atoms with Crippen LogP contribution < -0.4 is 14.8 Å². The lowest BCUT2D eigenvalue weighted by atomic mass is 10.1. The van der Waals surface area contributed by atoms with Crippen molar-refractivity contribution in [1.29, 1.82) is 0 Å². The molecule has 0 bridgehead atoms. The van der Waals surface area contributed by atoms with Crippen molar-refractivity contribution >= 4 is 5.91 Å². The van der Waals surface area contributed by atoms with E-state index in [0.29, 0.717) is 19.6 Å². The molecule has 3 aromatic rings. The van der Waals surface area contributed by atoms with Gasteiger partial charge < -0.3 is 24.2 Å². The van der Waals surface area contributed by atoms with Gasteiger partial charge in [0.2, 0.25) is 5.91 Å². The van der Waals surface area contributed by atoms with E-state index in [1.165, 1.54) is 0 Å². The normalized spacial score (nSPS) is 11.9. The molecule has 3 rings (SSSR count). The van der Waals surface area contributed by atoms with Crippen LogP contribution in [0.3, 0.4) is 0 Å². The molecule has 170 valence electrons. The maximum absolute atomic E-state index is 12.5. The largest absolute Gasteiger partial charge is 0.497 e. The summed E-state index contributed by atoms with van der Waals surface area (Å²) in [5, 5.41) is 6.98. The summed E-state index contributed by atoms with van der Waals surface area (Å²) in [4.78, 5) is 14.6. The Hall–Kier alpha value is -3.32. The molecule has 0 radical (unpaired) electrons. The van der Waals surface area contributed by atoms with Gasteiger partial charge in [0.05, 0.1) is 30.8 Å². The van der Waals surface area contributed by atoms with Crippen LogP contribution in [0.4, 0.5) is 0 Å². The van der Waals surface area contributed by atoms with Crippen LogP contribution in [0.25, 0.3) is 0 Å². The Kier molecular flexibility index (Phi) is 7.89. The first-order valence-corrected chi connectivity index (χ1v) is 10.6. The van der Waals surface area contributed by atoms with Crippen molar-refractivity contribution in [2.75, 3.05) is 27.7 Å². The van der Waals surface area contributed by atoms with Gasteiger partial charge in [0.1, 0.15) is 23.9 Å². The molecule has 1 aromatic heterocycles. The quantitative estimate of drug-likeness (QED) is 0.519. The summed E-state index contributed by atoms with van der Waals surface area (Å²) < 4.78 is 16.3. The van der Waals surface area contributed by atoms with Gasteiger partial charge in [0, 0.05) is 6.54 Å². The monoisotopic (exact) mass is 437 g/mol. The van der Waals surface area contributed by atoms with Gasteiger partial charge in [-0.05, 0) is 63.3 Å². The Bertz CT molecular complexity index is 1010. The van der Waals surface area contributed by atoms with Crippen molar-refractivity contribution in [2.45, 2.75) is 32.9 Å². The summed E-state index contributed by atoms with van der Waals surface area (Å²) in [5.74, 6) is 2.28. The van der Waals surface area contributed by atoms with Crippen LogP contribution in [0.2, 0.25) is 0 Å². The van der Waals surface area contributed by atoms with Gasteiger partial charge in [-0.3, -0.25) is 4.79 Å². The molecular weight excluding hydrogens is 406 g/mol. The molecule has 0 saturated heterocycles. The van der Waals surface area contributed by atoms with Crippen molar-refractivity contribution in [3.63, 3.8) is 0 Å². The molecule has 1 heterocycles. The highest BCUT2D eigenvalue weighted by Crippen LogP contribution is 2.22. The number of nitrogens with one attached hydrogen (secondary N) is 1. The molecule has 0 aliphatic carbocycles. The Morgan fingerprint density at radius 1 is 1.12 bits per heavy atom. The summed E-state index contributed by atoms with van der Waals surface area (Å²) >= 11 is 0. The van der Waals surface area contributed by atoms with Crippen LogP contribution in [-0.4, -0.2) is 43.7 Å². The summed E-state index contributed by atoms with van der Waals surface area (Å²) in [6, 6.07) is 15.5. The summed E-state index contributed by atoms with van der Waals surface area (Å²) in [7, 11) is 5.65. The molecule has 7 heteroatoms. The number of methoxy groups -OCH3 is 1. The molecule has 1 amide bonds. The first-order chi connectivity index (χ1) is 15.4. The second-order valence-corrected chi connectivity index (χ2v) is 7.97. The van der Waals surface area contributed by atoms with Crippen LogP contribution >= 0.6 is 0 Å². The molecule has 32 heavy (non-hydrogen) atoms. The highest BCUT2D eigenvalue weighted by atomic mass is 16.5.